The van der Waals surface area contributed by atoms with Crippen LogP contribution in [-0.4, -0.2) is 20.4 Å². The Kier molecular flexibility index (Phi) is 4.32. The van der Waals surface area contributed by atoms with Gasteiger partial charge in [-0.25, -0.2) is 9.97 Å². The molecule has 0 spiro atoms. The third-order valence-corrected chi connectivity index (χ3v) is 3.93. The molecule has 1 N–H and O–H groups in total. The van der Waals surface area contributed by atoms with Gasteiger partial charge in [0.1, 0.15) is 11.6 Å². The smallest absolute Gasteiger partial charge is 0.220 e. The van der Waals surface area contributed by atoms with Gasteiger partial charge in [-0.2, -0.15) is 0 Å². The number of allylic oxidation sites excluding steroid dienone is 2. The molecule has 3 rings (SSSR count). The average molecular weight is 296 g/mol. The van der Waals surface area contributed by atoms with Crippen LogP contribution in [-0.2, 0) is 11.3 Å². The van der Waals surface area contributed by atoms with Crippen molar-refractivity contribution in [2.45, 2.75) is 32.7 Å². The Labute approximate surface area is 130 Å². The number of amides is 1. The molecule has 1 aliphatic rings. The number of carbonyl (C=O) groups is 1. The molecule has 1 aliphatic carbocycles. The Morgan fingerprint density at radius 2 is 2.32 bits per heavy atom. The zero-order valence-electron chi connectivity index (χ0n) is 12.7. The van der Waals surface area contributed by atoms with Crippen LogP contribution >= 0.6 is 0 Å². The molecule has 1 atom stereocenters. The van der Waals surface area contributed by atoms with Crippen molar-refractivity contribution < 1.29 is 4.79 Å². The first-order chi connectivity index (χ1) is 10.7. The molecule has 22 heavy (non-hydrogen) atoms. The molecule has 5 heteroatoms. The Bertz CT molecular complexity index is 672. The first kappa shape index (κ1) is 14.5. The zero-order valence-corrected chi connectivity index (χ0v) is 12.7. The van der Waals surface area contributed by atoms with E-state index in [0.29, 0.717) is 18.9 Å². The van der Waals surface area contributed by atoms with Crippen molar-refractivity contribution in [2.24, 2.45) is 5.92 Å². The van der Waals surface area contributed by atoms with Crippen molar-refractivity contribution in [1.29, 1.82) is 0 Å². The summed E-state index contributed by atoms with van der Waals surface area (Å²) in [7, 11) is 0. The van der Waals surface area contributed by atoms with Crippen LogP contribution in [0.2, 0.25) is 0 Å². The standard InChI is InChI=1S/C17H20N4O/c1-13-18-8-9-21(13)16-7-6-15(11-19-16)12-20-17(22)10-14-4-2-3-5-14/h2,4,6-9,11,14H,3,5,10,12H2,1H3,(H,20,22). The van der Waals surface area contributed by atoms with Gasteiger partial charge in [0.2, 0.25) is 5.91 Å². The van der Waals surface area contributed by atoms with Gasteiger partial charge in [0.25, 0.3) is 0 Å². The zero-order chi connectivity index (χ0) is 15.4. The van der Waals surface area contributed by atoms with Gasteiger partial charge in [0.05, 0.1) is 0 Å². The molecule has 1 unspecified atom stereocenters. The van der Waals surface area contributed by atoms with Crippen molar-refractivity contribution in [1.82, 2.24) is 19.9 Å². The summed E-state index contributed by atoms with van der Waals surface area (Å²) in [5.41, 5.74) is 0.997. The van der Waals surface area contributed by atoms with Crippen LogP contribution in [0.15, 0.2) is 42.9 Å². The quantitative estimate of drug-likeness (QED) is 0.863. The van der Waals surface area contributed by atoms with Gasteiger partial charge in [0.15, 0.2) is 0 Å². The van der Waals surface area contributed by atoms with Gasteiger partial charge in [-0.15, -0.1) is 0 Å². The molecule has 0 aliphatic heterocycles. The van der Waals surface area contributed by atoms with E-state index in [0.717, 1.165) is 30.0 Å². The molecular formula is C17H20N4O. The second-order valence-electron chi connectivity index (χ2n) is 5.62. The minimum Gasteiger partial charge on any atom is -0.352 e. The highest BCUT2D eigenvalue weighted by Crippen LogP contribution is 2.20. The molecule has 0 aromatic carbocycles. The lowest BCUT2D eigenvalue weighted by Crippen LogP contribution is -2.24. The highest BCUT2D eigenvalue weighted by molar-refractivity contribution is 5.76. The van der Waals surface area contributed by atoms with Gasteiger partial charge in [-0.05, 0) is 37.3 Å². The second-order valence-corrected chi connectivity index (χ2v) is 5.62. The molecule has 114 valence electrons. The molecule has 5 nitrogen and oxygen atoms in total. The second kappa shape index (κ2) is 6.56. The van der Waals surface area contributed by atoms with Crippen molar-refractivity contribution >= 4 is 5.91 Å². The van der Waals surface area contributed by atoms with E-state index in [9.17, 15) is 4.79 Å². The third-order valence-electron chi connectivity index (χ3n) is 3.93. The number of hydrogen-bond donors (Lipinski definition) is 1. The van der Waals surface area contributed by atoms with Crippen molar-refractivity contribution in [3.8, 4) is 5.82 Å². The Balaban J connectivity index is 1.54. The molecule has 0 saturated heterocycles. The Morgan fingerprint density at radius 3 is 2.95 bits per heavy atom. The van der Waals surface area contributed by atoms with Gasteiger partial charge in [-0.1, -0.05) is 18.2 Å². The fourth-order valence-corrected chi connectivity index (χ4v) is 2.66. The predicted octanol–water partition coefficient (Wildman–Crippen LogP) is 2.55. The topological polar surface area (TPSA) is 59.8 Å². The van der Waals surface area contributed by atoms with Crippen molar-refractivity contribution in [3.63, 3.8) is 0 Å². The summed E-state index contributed by atoms with van der Waals surface area (Å²) in [4.78, 5) is 20.5. The summed E-state index contributed by atoms with van der Waals surface area (Å²) >= 11 is 0. The molecule has 0 radical (unpaired) electrons. The highest BCUT2D eigenvalue weighted by Gasteiger charge is 2.13. The number of hydrogen-bond acceptors (Lipinski definition) is 3. The minimum atomic E-state index is 0.103. The molecule has 2 aromatic heterocycles. The summed E-state index contributed by atoms with van der Waals surface area (Å²) in [6.45, 7) is 2.46. The minimum absolute atomic E-state index is 0.103. The lowest BCUT2D eigenvalue weighted by Gasteiger charge is -2.09. The van der Waals surface area contributed by atoms with Gasteiger partial charge < -0.3 is 5.32 Å². The monoisotopic (exact) mass is 296 g/mol. The van der Waals surface area contributed by atoms with E-state index in [1.54, 1.807) is 12.4 Å². The Morgan fingerprint density at radius 1 is 1.41 bits per heavy atom. The molecule has 0 saturated carbocycles. The summed E-state index contributed by atoms with van der Waals surface area (Å²) < 4.78 is 1.93. The number of nitrogens with zero attached hydrogens (tertiary/aromatic N) is 3. The fraction of sp³-hybridized carbons (Fsp3) is 0.353. The van der Waals surface area contributed by atoms with E-state index in [-0.39, 0.29) is 5.91 Å². The van der Waals surface area contributed by atoms with Crippen LogP contribution in [0.4, 0.5) is 0 Å². The lowest BCUT2D eigenvalue weighted by atomic mass is 10.1. The van der Waals surface area contributed by atoms with E-state index in [2.05, 4.69) is 27.4 Å². The third kappa shape index (κ3) is 3.42. The fourth-order valence-electron chi connectivity index (χ4n) is 2.66. The molecular weight excluding hydrogens is 276 g/mol. The maximum Gasteiger partial charge on any atom is 0.220 e. The highest BCUT2D eigenvalue weighted by atomic mass is 16.1. The van der Waals surface area contributed by atoms with E-state index in [4.69, 9.17) is 0 Å². The molecule has 0 bridgehead atoms. The van der Waals surface area contributed by atoms with Crippen LogP contribution in [0.3, 0.4) is 0 Å². The van der Waals surface area contributed by atoms with Crippen molar-refractivity contribution in [3.05, 3.63) is 54.3 Å². The summed E-state index contributed by atoms with van der Waals surface area (Å²) in [6.07, 6.45) is 12.5. The normalized spacial score (nSPS) is 16.9. The number of aryl methyl sites for hydroxylation is 1. The summed E-state index contributed by atoms with van der Waals surface area (Å²) in [5, 5.41) is 2.96. The first-order valence-electron chi connectivity index (χ1n) is 7.61. The van der Waals surface area contributed by atoms with Crippen LogP contribution in [0, 0.1) is 12.8 Å². The molecule has 0 fully saturated rings. The SMILES string of the molecule is Cc1nccn1-c1ccc(CNC(=O)CC2C=CCC2)cn1. The van der Waals surface area contributed by atoms with Crippen molar-refractivity contribution in [2.75, 3.05) is 0 Å². The van der Waals surface area contributed by atoms with E-state index in [1.807, 2.05) is 29.8 Å². The maximum atomic E-state index is 11.9. The van der Waals surface area contributed by atoms with E-state index < -0.39 is 0 Å². The number of imidazole rings is 1. The average Bonchev–Trinajstić information content (AvgIpc) is 3.17. The van der Waals surface area contributed by atoms with E-state index in [1.165, 1.54) is 0 Å². The van der Waals surface area contributed by atoms with Crippen LogP contribution < -0.4 is 5.32 Å². The van der Waals surface area contributed by atoms with Gasteiger partial charge >= 0.3 is 0 Å². The largest absolute Gasteiger partial charge is 0.352 e. The number of nitrogens with one attached hydrogen (secondary N) is 1. The number of pyridine rings is 1. The van der Waals surface area contributed by atoms with Crippen LogP contribution in [0.5, 0.6) is 0 Å². The number of carbonyl (C=O) groups excluding carboxylic acids is 1. The lowest BCUT2D eigenvalue weighted by molar-refractivity contribution is -0.121. The Hall–Kier alpha value is -2.43. The molecule has 2 heterocycles. The molecule has 1 amide bonds. The van der Waals surface area contributed by atoms with Gasteiger partial charge in [-0.3, -0.25) is 9.36 Å². The van der Waals surface area contributed by atoms with Crippen LogP contribution in [0.25, 0.3) is 5.82 Å². The number of aromatic nitrogens is 3. The summed E-state index contributed by atoms with van der Waals surface area (Å²) in [5.74, 6) is 2.25. The predicted molar refractivity (Wildman–Crippen MR) is 84.4 cm³/mol. The van der Waals surface area contributed by atoms with Crippen LogP contribution in [0.1, 0.15) is 30.7 Å². The summed E-state index contributed by atoms with van der Waals surface area (Å²) in [6, 6.07) is 3.92. The molecule has 2 aromatic rings. The van der Waals surface area contributed by atoms with E-state index >= 15 is 0 Å². The first-order valence-corrected chi connectivity index (χ1v) is 7.61. The maximum absolute atomic E-state index is 11.9. The number of rotatable bonds is 5. The van der Waals surface area contributed by atoms with Gasteiger partial charge in [0, 0.05) is 31.6 Å².